The zero-order chi connectivity index (χ0) is 17.8. The largest absolute Gasteiger partial charge is 0.506 e. The summed E-state index contributed by atoms with van der Waals surface area (Å²) in [6, 6.07) is 14.3. The highest BCUT2D eigenvalue weighted by Gasteiger charge is 2.15. The van der Waals surface area contributed by atoms with Gasteiger partial charge in [-0.05, 0) is 30.7 Å². The molecule has 0 atom stereocenters. The molecular formula is C18H14ClN3O2S. The maximum Gasteiger partial charge on any atom is 0.291 e. The minimum Gasteiger partial charge on any atom is -0.506 e. The SMILES string of the molecule is Cc1sc(-c2ccccc2)nc1C(=O)N/N=C\c1ccc(O)c(Cl)c1. The Hall–Kier alpha value is -2.70. The lowest BCUT2D eigenvalue weighted by molar-refractivity contribution is 0.0950. The van der Waals surface area contributed by atoms with Crippen LogP contribution >= 0.6 is 22.9 Å². The van der Waals surface area contributed by atoms with E-state index >= 15 is 0 Å². The lowest BCUT2D eigenvalue weighted by Gasteiger charge is -1.99. The fourth-order valence-corrected chi connectivity index (χ4v) is 3.24. The number of hydrogen-bond donors (Lipinski definition) is 2. The molecule has 0 fully saturated rings. The Kier molecular flexibility index (Phi) is 5.11. The Labute approximate surface area is 153 Å². The number of benzene rings is 2. The van der Waals surface area contributed by atoms with Gasteiger partial charge in [0.25, 0.3) is 5.91 Å². The molecule has 0 saturated carbocycles. The lowest BCUT2D eigenvalue weighted by atomic mass is 10.2. The first-order chi connectivity index (χ1) is 12.0. The van der Waals surface area contributed by atoms with Crippen LogP contribution in [0.1, 0.15) is 20.9 Å². The Bertz CT molecular complexity index is 939. The van der Waals surface area contributed by atoms with Crippen molar-refractivity contribution in [2.45, 2.75) is 6.92 Å². The van der Waals surface area contributed by atoms with Crippen molar-refractivity contribution in [3.8, 4) is 16.3 Å². The van der Waals surface area contributed by atoms with Crippen molar-refractivity contribution in [1.82, 2.24) is 10.4 Å². The first-order valence-electron chi connectivity index (χ1n) is 7.39. The van der Waals surface area contributed by atoms with Crippen LogP contribution in [0, 0.1) is 6.92 Å². The molecule has 0 aliphatic rings. The highest BCUT2D eigenvalue weighted by molar-refractivity contribution is 7.15. The molecule has 2 aromatic carbocycles. The zero-order valence-corrected chi connectivity index (χ0v) is 14.8. The number of hydrogen-bond acceptors (Lipinski definition) is 5. The van der Waals surface area contributed by atoms with Crippen LogP contribution in [-0.2, 0) is 0 Å². The number of hydrazone groups is 1. The summed E-state index contributed by atoms with van der Waals surface area (Å²) in [7, 11) is 0. The third kappa shape index (κ3) is 4.04. The van der Waals surface area contributed by atoms with Gasteiger partial charge in [0.1, 0.15) is 16.5 Å². The summed E-state index contributed by atoms with van der Waals surface area (Å²) in [5.41, 5.74) is 4.43. The molecule has 0 aliphatic carbocycles. The van der Waals surface area contributed by atoms with Crippen LogP contribution in [0.3, 0.4) is 0 Å². The van der Waals surface area contributed by atoms with Crippen molar-refractivity contribution in [1.29, 1.82) is 0 Å². The predicted octanol–water partition coefficient (Wildman–Crippen LogP) is 4.24. The second kappa shape index (κ2) is 7.46. The molecule has 1 amide bonds. The topological polar surface area (TPSA) is 74.6 Å². The highest BCUT2D eigenvalue weighted by Crippen LogP contribution is 2.27. The van der Waals surface area contributed by atoms with Crippen molar-refractivity contribution in [3.05, 3.63) is 69.7 Å². The molecule has 25 heavy (non-hydrogen) atoms. The van der Waals surface area contributed by atoms with E-state index in [4.69, 9.17) is 11.6 Å². The van der Waals surface area contributed by atoms with Gasteiger partial charge in [-0.3, -0.25) is 4.79 Å². The van der Waals surface area contributed by atoms with E-state index in [1.807, 2.05) is 37.3 Å². The molecule has 0 spiro atoms. The van der Waals surface area contributed by atoms with Gasteiger partial charge in [-0.1, -0.05) is 41.9 Å². The number of nitrogens with one attached hydrogen (secondary N) is 1. The van der Waals surface area contributed by atoms with Crippen molar-refractivity contribution in [2.24, 2.45) is 5.10 Å². The fraction of sp³-hybridized carbons (Fsp3) is 0.0556. The monoisotopic (exact) mass is 371 g/mol. The van der Waals surface area contributed by atoms with Gasteiger partial charge in [0, 0.05) is 10.4 Å². The van der Waals surface area contributed by atoms with Crippen molar-refractivity contribution >= 4 is 35.1 Å². The quantitative estimate of drug-likeness (QED) is 0.532. The Morgan fingerprint density at radius 2 is 2.04 bits per heavy atom. The van der Waals surface area contributed by atoms with E-state index in [1.54, 1.807) is 12.1 Å². The highest BCUT2D eigenvalue weighted by atomic mass is 35.5. The minimum absolute atomic E-state index is 0.00519. The number of halogens is 1. The molecule has 5 nitrogen and oxygen atoms in total. The predicted molar refractivity (Wildman–Crippen MR) is 100 cm³/mol. The van der Waals surface area contributed by atoms with Crippen LogP contribution < -0.4 is 5.43 Å². The Balaban J connectivity index is 1.72. The number of phenolic OH excluding ortho intramolecular Hbond substituents is 1. The number of aryl methyl sites for hydroxylation is 1. The number of nitrogens with zero attached hydrogens (tertiary/aromatic N) is 2. The van der Waals surface area contributed by atoms with Gasteiger partial charge in [-0.25, -0.2) is 10.4 Å². The van der Waals surface area contributed by atoms with Crippen LogP contribution in [-0.4, -0.2) is 22.2 Å². The van der Waals surface area contributed by atoms with Gasteiger partial charge in [0.15, 0.2) is 0 Å². The molecule has 1 heterocycles. The molecule has 0 aliphatic heterocycles. The number of phenols is 1. The molecule has 0 bridgehead atoms. The van der Waals surface area contributed by atoms with Crippen molar-refractivity contribution < 1.29 is 9.90 Å². The number of aromatic nitrogens is 1. The second-order valence-corrected chi connectivity index (χ2v) is 6.81. The number of amides is 1. The molecule has 3 rings (SSSR count). The summed E-state index contributed by atoms with van der Waals surface area (Å²) in [6.07, 6.45) is 1.45. The number of carbonyl (C=O) groups is 1. The standard InChI is InChI=1S/C18H14ClN3O2S/c1-11-16(21-18(25-11)13-5-3-2-4-6-13)17(24)22-20-10-12-7-8-15(23)14(19)9-12/h2-10,23H,1H3,(H,22,24)/b20-10-. The Morgan fingerprint density at radius 3 is 2.76 bits per heavy atom. The summed E-state index contributed by atoms with van der Waals surface area (Å²) in [6.45, 7) is 1.85. The number of aromatic hydroxyl groups is 1. The third-order valence-corrected chi connectivity index (χ3v) is 4.71. The average molecular weight is 372 g/mol. The van der Waals surface area contributed by atoms with Gasteiger partial charge >= 0.3 is 0 Å². The van der Waals surface area contributed by atoms with Crippen molar-refractivity contribution in [2.75, 3.05) is 0 Å². The molecule has 1 aromatic heterocycles. The van der Waals surface area contributed by atoms with Gasteiger partial charge in [-0.2, -0.15) is 5.10 Å². The second-order valence-electron chi connectivity index (χ2n) is 5.20. The summed E-state index contributed by atoms with van der Waals surface area (Å²) in [5, 5.41) is 14.3. The first-order valence-corrected chi connectivity index (χ1v) is 8.59. The van der Waals surface area contributed by atoms with Crippen LogP contribution in [0.15, 0.2) is 53.6 Å². The Morgan fingerprint density at radius 1 is 1.28 bits per heavy atom. The van der Waals surface area contributed by atoms with Crippen LogP contribution in [0.4, 0.5) is 0 Å². The molecule has 2 N–H and O–H groups in total. The summed E-state index contributed by atoms with van der Waals surface area (Å²) < 4.78 is 0. The third-order valence-electron chi connectivity index (χ3n) is 3.38. The van der Waals surface area contributed by atoms with E-state index in [2.05, 4.69) is 15.5 Å². The zero-order valence-electron chi connectivity index (χ0n) is 13.2. The van der Waals surface area contributed by atoms with Gasteiger partial charge in [0.2, 0.25) is 0 Å². The molecule has 0 unspecified atom stereocenters. The lowest BCUT2D eigenvalue weighted by Crippen LogP contribution is -2.18. The fourth-order valence-electron chi connectivity index (χ4n) is 2.13. The summed E-state index contributed by atoms with van der Waals surface area (Å²) in [5.74, 6) is -0.383. The summed E-state index contributed by atoms with van der Waals surface area (Å²) in [4.78, 5) is 17.5. The minimum atomic E-state index is -0.378. The first kappa shape index (κ1) is 17.1. The average Bonchev–Trinajstić information content (AvgIpc) is 3.01. The van der Waals surface area contributed by atoms with Crippen molar-refractivity contribution in [3.63, 3.8) is 0 Å². The maximum atomic E-state index is 12.3. The number of thiazole rings is 1. The van der Waals surface area contributed by atoms with Gasteiger partial charge in [0.05, 0.1) is 11.2 Å². The molecule has 7 heteroatoms. The molecule has 0 radical (unpaired) electrons. The van der Waals surface area contributed by atoms with Crippen LogP contribution in [0.25, 0.3) is 10.6 Å². The van der Waals surface area contributed by atoms with E-state index in [9.17, 15) is 9.90 Å². The van der Waals surface area contributed by atoms with Crippen LogP contribution in [0.2, 0.25) is 5.02 Å². The maximum absolute atomic E-state index is 12.3. The summed E-state index contributed by atoms with van der Waals surface area (Å²) >= 11 is 7.29. The molecule has 126 valence electrons. The number of carbonyl (C=O) groups excluding carboxylic acids is 1. The van der Waals surface area contributed by atoms with Crippen LogP contribution in [0.5, 0.6) is 5.75 Å². The number of rotatable bonds is 4. The van der Waals surface area contributed by atoms with Gasteiger partial charge in [-0.15, -0.1) is 11.3 Å². The molecule has 0 saturated heterocycles. The molecular weight excluding hydrogens is 358 g/mol. The molecule has 3 aromatic rings. The van der Waals surface area contributed by atoms with E-state index in [-0.39, 0.29) is 16.7 Å². The van der Waals surface area contributed by atoms with E-state index < -0.39 is 0 Å². The van der Waals surface area contributed by atoms with E-state index in [1.165, 1.54) is 23.6 Å². The van der Waals surface area contributed by atoms with E-state index in [0.717, 1.165) is 15.4 Å². The van der Waals surface area contributed by atoms with E-state index in [0.29, 0.717) is 11.3 Å². The van der Waals surface area contributed by atoms with Gasteiger partial charge < -0.3 is 5.11 Å². The normalized spacial score (nSPS) is 11.0. The smallest absolute Gasteiger partial charge is 0.291 e.